The number of rotatable bonds is 6. The maximum Gasteiger partial charge on any atom is 0.323 e. The van der Waals surface area contributed by atoms with E-state index in [1.165, 1.54) is 9.80 Å². The highest BCUT2D eigenvalue weighted by Gasteiger charge is 2.29. The van der Waals surface area contributed by atoms with E-state index in [2.05, 4.69) is 0 Å². The fourth-order valence-electron chi connectivity index (χ4n) is 1.93. The summed E-state index contributed by atoms with van der Waals surface area (Å²) in [6.07, 6.45) is 3.70. The van der Waals surface area contributed by atoms with Gasteiger partial charge in [-0.05, 0) is 30.9 Å². The monoisotopic (exact) mass is 266 g/mol. The summed E-state index contributed by atoms with van der Waals surface area (Å²) in [6.45, 7) is 0.609. The lowest BCUT2D eigenvalue weighted by atomic mass is 10.3. The summed E-state index contributed by atoms with van der Waals surface area (Å²) in [4.78, 5) is 25.9. The van der Waals surface area contributed by atoms with Gasteiger partial charge in [0, 0.05) is 13.6 Å². The molecule has 6 nitrogen and oxygen atoms in total. The van der Waals surface area contributed by atoms with E-state index in [0.29, 0.717) is 24.8 Å². The number of aliphatic carboxylic acids is 1. The number of carbonyl (C=O) groups is 2. The molecule has 1 saturated carbocycles. The van der Waals surface area contributed by atoms with Gasteiger partial charge in [0.15, 0.2) is 0 Å². The van der Waals surface area contributed by atoms with Crippen LogP contribution in [-0.2, 0) is 11.3 Å². The lowest BCUT2D eigenvalue weighted by molar-refractivity contribution is -0.137. The molecule has 0 aliphatic heterocycles. The molecule has 1 aliphatic rings. The van der Waals surface area contributed by atoms with Gasteiger partial charge < -0.3 is 19.3 Å². The Bertz CT molecular complexity index is 440. The van der Waals surface area contributed by atoms with Crippen molar-refractivity contribution in [2.75, 3.05) is 20.1 Å². The smallest absolute Gasteiger partial charge is 0.323 e. The summed E-state index contributed by atoms with van der Waals surface area (Å²) in [7, 11) is 1.65. The van der Waals surface area contributed by atoms with Crippen molar-refractivity contribution in [2.45, 2.75) is 19.4 Å². The molecule has 19 heavy (non-hydrogen) atoms. The Morgan fingerprint density at radius 1 is 1.47 bits per heavy atom. The number of amides is 2. The highest BCUT2D eigenvalue weighted by Crippen LogP contribution is 2.30. The summed E-state index contributed by atoms with van der Waals surface area (Å²) < 4.78 is 5.18. The first-order chi connectivity index (χ1) is 9.06. The zero-order valence-electron chi connectivity index (χ0n) is 10.9. The Kier molecular flexibility index (Phi) is 4.09. The van der Waals surface area contributed by atoms with E-state index >= 15 is 0 Å². The van der Waals surface area contributed by atoms with Crippen molar-refractivity contribution >= 4 is 12.0 Å². The minimum absolute atomic E-state index is 0.252. The molecule has 2 rings (SSSR count). The fourth-order valence-corrected chi connectivity index (χ4v) is 1.93. The lowest BCUT2D eigenvalue weighted by Gasteiger charge is -2.26. The topological polar surface area (TPSA) is 74.0 Å². The highest BCUT2D eigenvalue weighted by atomic mass is 16.4. The van der Waals surface area contributed by atoms with Crippen LogP contribution in [0.5, 0.6) is 0 Å². The Balaban J connectivity index is 1.94. The third-order valence-corrected chi connectivity index (χ3v) is 3.07. The Morgan fingerprint density at radius 2 is 2.21 bits per heavy atom. The molecule has 0 radical (unpaired) electrons. The second kappa shape index (κ2) is 5.77. The molecular formula is C13H18N2O4. The number of hydrogen-bond acceptors (Lipinski definition) is 3. The van der Waals surface area contributed by atoms with Crippen molar-refractivity contribution in [1.82, 2.24) is 9.80 Å². The van der Waals surface area contributed by atoms with E-state index in [9.17, 15) is 9.59 Å². The van der Waals surface area contributed by atoms with Crippen LogP contribution in [-0.4, -0.2) is 47.0 Å². The SMILES string of the molecule is CN(Cc1ccco1)C(=O)N(CC(=O)O)CC1CC1. The first-order valence-electron chi connectivity index (χ1n) is 6.30. The van der Waals surface area contributed by atoms with Gasteiger partial charge in [0.2, 0.25) is 0 Å². The number of carboxylic acid groups (broad SMARTS) is 1. The van der Waals surface area contributed by atoms with Crippen LogP contribution < -0.4 is 0 Å². The van der Waals surface area contributed by atoms with Gasteiger partial charge in [-0.2, -0.15) is 0 Å². The molecule has 0 atom stereocenters. The van der Waals surface area contributed by atoms with Crippen molar-refractivity contribution in [2.24, 2.45) is 5.92 Å². The standard InChI is InChI=1S/C13H18N2O4/c1-14(8-11-3-2-6-19-11)13(18)15(9-12(16)17)7-10-4-5-10/h2-3,6,10H,4-5,7-9H2,1H3,(H,16,17). The molecule has 1 N–H and O–H groups in total. The van der Waals surface area contributed by atoms with Crippen LogP contribution in [0, 0.1) is 5.92 Å². The molecule has 2 amide bonds. The molecule has 1 aromatic rings. The van der Waals surface area contributed by atoms with E-state index in [1.807, 2.05) is 0 Å². The number of furan rings is 1. The molecule has 6 heteroatoms. The third-order valence-electron chi connectivity index (χ3n) is 3.07. The van der Waals surface area contributed by atoms with Crippen molar-refractivity contribution in [3.63, 3.8) is 0 Å². The molecule has 1 fully saturated rings. The van der Waals surface area contributed by atoms with E-state index < -0.39 is 5.97 Å². The number of carboxylic acids is 1. The van der Waals surface area contributed by atoms with Crippen molar-refractivity contribution in [3.8, 4) is 0 Å². The van der Waals surface area contributed by atoms with Gasteiger partial charge in [0.1, 0.15) is 12.3 Å². The molecular weight excluding hydrogens is 248 g/mol. The quantitative estimate of drug-likeness (QED) is 0.849. The Morgan fingerprint density at radius 3 is 2.74 bits per heavy atom. The third kappa shape index (κ3) is 4.01. The van der Waals surface area contributed by atoms with Crippen molar-refractivity contribution in [1.29, 1.82) is 0 Å². The number of carbonyl (C=O) groups excluding carboxylic acids is 1. The van der Waals surface area contributed by atoms with E-state index in [0.717, 1.165) is 12.8 Å². The van der Waals surface area contributed by atoms with Gasteiger partial charge in [-0.15, -0.1) is 0 Å². The minimum Gasteiger partial charge on any atom is -0.480 e. The fraction of sp³-hybridized carbons (Fsp3) is 0.538. The first-order valence-corrected chi connectivity index (χ1v) is 6.30. The number of nitrogens with zero attached hydrogens (tertiary/aromatic N) is 2. The number of hydrogen-bond donors (Lipinski definition) is 1. The molecule has 104 valence electrons. The molecule has 0 aromatic carbocycles. The van der Waals surface area contributed by atoms with Crippen LogP contribution >= 0.6 is 0 Å². The summed E-state index contributed by atoms with van der Waals surface area (Å²) in [5, 5.41) is 8.87. The van der Waals surface area contributed by atoms with Gasteiger partial charge >= 0.3 is 12.0 Å². The van der Waals surface area contributed by atoms with Crippen LogP contribution in [0.3, 0.4) is 0 Å². The molecule has 0 spiro atoms. The van der Waals surface area contributed by atoms with Crippen LogP contribution in [0.1, 0.15) is 18.6 Å². The predicted octanol–water partition coefficient (Wildman–Crippen LogP) is 1.63. The maximum absolute atomic E-state index is 12.2. The highest BCUT2D eigenvalue weighted by molar-refractivity contribution is 5.80. The van der Waals surface area contributed by atoms with Crippen LogP contribution in [0.2, 0.25) is 0 Å². The van der Waals surface area contributed by atoms with Gasteiger partial charge in [0.05, 0.1) is 12.8 Å². The Labute approximate surface area is 111 Å². The molecule has 1 aliphatic carbocycles. The molecule has 1 aromatic heterocycles. The van der Waals surface area contributed by atoms with Crippen LogP contribution in [0.25, 0.3) is 0 Å². The average Bonchev–Trinajstić information content (AvgIpc) is 3.02. The zero-order chi connectivity index (χ0) is 13.8. The van der Waals surface area contributed by atoms with Crippen molar-refractivity contribution < 1.29 is 19.1 Å². The molecule has 0 unspecified atom stereocenters. The lowest BCUT2D eigenvalue weighted by Crippen LogP contribution is -2.44. The molecule has 1 heterocycles. The first kappa shape index (κ1) is 13.5. The summed E-state index contributed by atoms with van der Waals surface area (Å²) in [6, 6.07) is 3.27. The second-order valence-electron chi connectivity index (χ2n) is 4.94. The summed E-state index contributed by atoms with van der Waals surface area (Å²) >= 11 is 0. The van der Waals surface area contributed by atoms with E-state index in [-0.39, 0.29) is 12.6 Å². The van der Waals surface area contributed by atoms with E-state index in [1.54, 1.807) is 25.4 Å². The summed E-state index contributed by atoms with van der Waals surface area (Å²) in [5.74, 6) is 0.151. The predicted molar refractivity (Wildman–Crippen MR) is 67.5 cm³/mol. The van der Waals surface area contributed by atoms with Gasteiger partial charge in [-0.3, -0.25) is 4.79 Å². The van der Waals surface area contributed by atoms with Crippen molar-refractivity contribution in [3.05, 3.63) is 24.2 Å². The van der Waals surface area contributed by atoms with Gasteiger partial charge in [-0.1, -0.05) is 0 Å². The Hall–Kier alpha value is -1.98. The zero-order valence-corrected chi connectivity index (χ0v) is 10.9. The van der Waals surface area contributed by atoms with Crippen LogP contribution in [0.15, 0.2) is 22.8 Å². The summed E-state index contributed by atoms with van der Waals surface area (Å²) in [5.41, 5.74) is 0. The molecule has 0 saturated heterocycles. The molecule has 0 bridgehead atoms. The second-order valence-corrected chi connectivity index (χ2v) is 4.94. The van der Waals surface area contributed by atoms with E-state index in [4.69, 9.17) is 9.52 Å². The van der Waals surface area contributed by atoms with Gasteiger partial charge in [0.25, 0.3) is 0 Å². The maximum atomic E-state index is 12.2. The normalized spacial score (nSPS) is 14.2. The van der Waals surface area contributed by atoms with Gasteiger partial charge in [-0.25, -0.2) is 4.79 Å². The minimum atomic E-state index is -0.986. The van der Waals surface area contributed by atoms with Crippen LogP contribution in [0.4, 0.5) is 4.79 Å². The number of urea groups is 1. The average molecular weight is 266 g/mol. The largest absolute Gasteiger partial charge is 0.480 e.